The molecule has 0 spiro atoms. The zero-order valence-electron chi connectivity index (χ0n) is 36.4. The van der Waals surface area contributed by atoms with Gasteiger partial charge >= 0.3 is 0 Å². The molecule has 360 valence electrons. The van der Waals surface area contributed by atoms with Crippen LogP contribution in [-0.4, -0.2) is 186 Å². The van der Waals surface area contributed by atoms with Gasteiger partial charge in [0, 0.05) is 31.3 Å². The summed E-state index contributed by atoms with van der Waals surface area (Å²) in [6.07, 6.45) is -18.8. The van der Waals surface area contributed by atoms with E-state index in [1.165, 1.54) is 5.57 Å². The molecule has 0 amide bonds. The third-order valence-corrected chi connectivity index (χ3v) is 16.3. The highest BCUT2D eigenvalue weighted by Gasteiger charge is 2.63. The van der Waals surface area contributed by atoms with Gasteiger partial charge in [-0.05, 0) is 79.4 Å². The lowest BCUT2D eigenvalue weighted by Crippen LogP contribution is -2.67. The van der Waals surface area contributed by atoms with E-state index in [-0.39, 0.29) is 58.6 Å². The van der Waals surface area contributed by atoms with Crippen LogP contribution in [0, 0.1) is 46.3 Å². The number of fused-ring (bicyclic) bond motifs is 5. The van der Waals surface area contributed by atoms with Crippen molar-refractivity contribution < 1.29 is 94.2 Å². The number of hydrogen-bond acceptors (Lipinski definition) is 19. The summed E-state index contributed by atoms with van der Waals surface area (Å²) < 4.78 is 35.3. The Morgan fingerprint density at radius 1 is 0.730 bits per heavy atom. The lowest BCUT2D eigenvalue weighted by atomic mass is 9.47. The molecule has 0 aromatic rings. The second-order valence-electron chi connectivity index (χ2n) is 20.0. The van der Waals surface area contributed by atoms with Crippen LogP contribution in [-0.2, 0) is 38.0 Å². The molecule has 19 nitrogen and oxygen atoms in total. The summed E-state index contributed by atoms with van der Waals surface area (Å²) in [5.74, 6) is 0.173. The molecule has 7 aliphatic rings. The van der Waals surface area contributed by atoms with Gasteiger partial charge in [0.25, 0.3) is 0 Å². The van der Waals surface area contributed by atoms with Crippen LogP contribution in [0.2, 0.25) is 0 Å². The van der Waals surface area contributed by atoms with Crippen molar-refractivity contribution in [2.24, 2.45) is 46.3 Å². The molecule has 7 unspecified atom stereocenters. The summed E-state index contributed by atoms with van der Waals surface area (Å²) in [5, 5.41) is 115. The number of ketones is 2. The molecular weight excluding hydrogens is 832 g/mol. The van der Waals surface area contributed by atoms with Gasteiger partial charge in [0.05, 0.1) is 19.3 Å². The average molecular weight is 903 g/mol. The summed E-state index contributed by atoms with van der Waals surface area (Å²) in [6, 6.07) is 0. The molecule has 0 aromatic heterocycles. The first-order chi connectivity index (χ1) is 29.8. The highest BCUT2D eigenvalue weighted by molar-refractivity contribution is 5.92. The Labute approximate surface area is 366 Å². The smallest absolute Gasteiger partial charge is 0.189 e. The molecular formula is C44H70O19. The number of carbonyl (C=O) groups is 2. The minimum absolute atomic E-state index is 0.0163. The average Bonchev–Trinajstić information content (AvgIpc) is 3.54. The van der Waals surface area contributed by atoms with Crippen molar-refractivity contribution in [3.05, 3.63) is 11.6 Å². The first-order valence-corrected chi connectivity index (χ1v) is 22.7. The third kappa shape index (κ3) is 9.11. The van der Waals surface area contributed by atoms with Gasteiger partial charge < -0.3 is 84.6 Å². The molecule has 3 aliphatic heterocycles. The minimum atomic E-state index is -2.00. The first-order valence-electron chi connectivity index (χ1n) is 22.7. The van der Waals surface area contributed by atoms with Gasteiger partial charge in [-0.2, -0.15) is 0 Å². The summed E-state index contributed by atoms with van der Waals surface area (Å²) in [7, 11) is 0. The standard InChI is InChI=1S/C44H70O19/c1-18(15-45)5-8-25(48)19(2)29-26(49)14-24-22-7-6-20-13-21(9-11-43(20,3)23(22)10-12-44(24,29)4)58-42-38(62-41-35(55)32(52)33(53)39(57)63-41)36(56)37(28(17-47)60-42)61-40-34(54)31(51)30(50)27(16-46)59-40/h6,18-19,21-24,27-42,45-47,50-57H,5,7-17H2,1-4H3/t18-,19-,21?,22-,23+,24+,27?,28?,29+,30-,31+,32+,33-,34?,35?,36+,37-,38?,39?,40+,41-,42-,43+,44+/m1/s1. The monoisotopic (exact) mass is 902 g/mol. The van der Waals surface area contributed by atoms with Gasteiger partial charge in [0.15, 0.2) is 25.2 Å². The summed E-state index contributed by atoms with van der Waals surface area (Å²) >= 11 is 0. The largest absolute Gasteiger partial charge is 0.396 e. The van der Waals surface area contributed by atoms with Crippen LogP contribution in [0.15, 0.2) is 11.6 Å². The second-order valence-corrected chi connectivity index (χ2v) is 20.0. The predicted octanol–water partition coefficient (Wildman–Crippen LogP) is -1.85. The van der Waals surface area contributed by atoms with Crippen molar-refractivity contribution in [2.75, 3.05) is 19.8 Å². The topological polar surface area (TPSA) is 312 Å². The Bertz CT molecular complexity index is 1630. The molecule has 6 fully saturated rings. The van der Waals surface area contributed by atoms with Crippen molar-refractivity contribution in [1.29, 1.82) is 0 Å². The number of hydrogen-bond donors (Lipinski definition) is 11. The molecule has 7 rings (SSSR count). The van der Waals surface area contributed by atoms with E-state index in [4.69, 9.17) is 28.4 Å². The van der Waals surface area contributed by atoms with Crippen LogP contribution < -0.4 is 0 Å². The van der Waals surface area contributed by atoms with E-state index >= 15 is 0 Å². The molecule has 24 atom stereocenters. The number of aliphatic hydroxyl groups excluding tert-OH is 11. The van der Waals surface area contributed by atoms with E-state index in [2.05, 4.69) is 19.9 Å². The maximum absolute atomic E-state index is 13.8. The Balaban J connectivity index is 1.08. The Morgan fingerprint density at radius 3 is 2.03 bits per heavy atom. The molecule has 63 heavy (non-hydrogen) atoms. The number of carbonyl (C=O) groups excluding carboxylic acids is 2. The third-order valence-electron chi connectivity index (χ3n) is 16.3. The summed E-state index contributed by atoms with van der Waals surface area (Å²) in [6.45, 7) is 6.75. The van der Waals surface area contributed by atoms with Crippen LogP contribution in [0.4, 0.5) is 0 Å². The van der Waals surface area contributed by atoms with Gasteiger partial charge in [-0.15, -0.1) is 0 Å². The molecule has 19 heteroatoms. The lowest BCUT2D eigenvalue weighted by molar-refractivity contribution is -0.400. The summed E-state index contributed by atoms with van der Waals surface area (Å²) in [5.41, 5.74) is 0.648. The molecule has 4 aliphatic carbocycles. The molecule has 3 saturated carbocycles. The number of aliphatic hydroxyl groups is 11. The van der Waals surface area contributed by atoms with Gasteiger partial charge in [0.2, 0.25) is 0 Å². The van der Waals surface area contributed by atoms with Crippen molar-refractivity contribution in [1.82, 2.24) is 0 Å². The van der Waals surface area contributed by atoms with Crippen LogP contribution in [0.5, 0.6) is 0 Å². The van der Waals surface area contributed by atoms with Gasteiger partial charge in [-0.3, -0.25) is 9.59 Å². The Hall–Kier alpha value is -1.60. The number of allylic oxidation sites excluding steroid dienone is 1. The van der Waals surface area contributed by atoms with Gasteiger partial charge in [0.1, 0.15) is 78.7 Å². The van der Waals surface area contributed by atoms with E-state index in [1.807, 2.05) is 13.8 Å². The van der Waals surface area contributed by atoms with Crippen molar-refractivity contribution in [3.63, 3.8) is 0 Å². The lowest BCUT2D eigenvalue weighted by Gasteiger charge is -2.58. The molecule has 0 bridgehead atoms. The molecule has 3 heterocycles. The first kappa shape index (κ1) is 49.3. The van der Waals surface area contributed by atoms with Crippen LogP contribution in [0.25, 0.3) is 0 Å². The highest BCUT2D eigenvalue weighted by Crippen LogP contribution is 2.66. The van der Waals surface area contributed by atoms with E-state index in [9.17, 15) is 65.8 Å². The van der Waals surface area contributed by atoms with Crippen LogP contribution >= 0.6 is 0 Å². The normalized spacial score (nSPS) is 49.9. The zero-order valence-corrected chi connectivity index (χ0v) is 36.4. The van der Waals surface area contributed by atoms with Gasteiger partial charge in [-0.25, -0.2) is 0 Å². The van der Waals surface area contributed by atoms with E-state index in [0.717, 1.165) is 19.3 Å². The van der Waals surface area contributed by atoms with Crippen molar-refractivity contribution in [3.8, 4) is 0 Å². The zero-order chi connectivity index (χ0) is 45.9. The van der Waals surface area contributed by atoms with Crippen molar-refractivity contribution >= 4 is 11.6 Å². The maximum atomic E-state index is 13.8. The molecule has 0 radical (unpaired) electrons. The van der Waals surface area contributed by atoms with E-state index in [0.29, 0.717) is 38.5 Å². The number of ether oxygens (including phenoxy) is 6. The van der Waals surface area contributed by atoms with E-state index in [1.54, 1.807) is 0 Å². The van der Waals surface area contributed by atoms with Crippen LogP contribution in [0.1, 0.15) is 85.5 Å². The predicted molar refractivity (Wildman–Crippen MR) is 214 cm³/mol. The maximum Gasteiger partial charge on any atom is 0.189 e. The Morgan fingerprint density at radius 2 is 1.37 bits per heavy atom. The fourth-order valence-electron chi connectivity index (χ4n) is 12.4. The highest BCUT2D eigenvalue weighted by atomic mass is 16.8. The molecule has 0 aromatic carbocycles. The van der Waals surface area contributed by atoms with Gasteiger partial charge in [-0.1, -0.05) is 39.3 Å². The Kier molecular flexibility index (Phi) is 15.3. The number of Topliss-reactive ketones (excluding diaryl/α,β-unsaturated/α-hetero) is 2. The fraction of sp³-hybridized carbons (Fsp3) is 0.909. The second kappa shape index (κ2) is 19.6. The SMILES string of the molecule is C[C@@H](CO)CCC(=O)[C@@H](C)[C@H]1C(=O)C[C@H]2[C@@H]3CC=C4CC(O[C@@H]5OC(CO)[C@@H](O[C@@H]6OC(CO)[C@@H](O)[C@H](O)C6O)[C@H](O)C5O[C@@H]5OC(O)[C@H](O)[C@H](O)C5O)CC[C@]4(C)[C@H]3CC[C@]12C. The fourth-order valence-corrected chi connectivity index (χ4v) is 12.4. The quantitative estimate of drug-likeness (QED) is 0.0853. The molecule has 11 N–H and O–H groups in total. The van der Waals surface area contributed by atoms with E-state index < -0.39 is 118 Å². The minimum Gasteiger partial charge on any atom is -0.396 e. The van der Waals surface area contributed by atoms with Crippen molar-refractivity contribution in [2.45, 2.75) is 184 Å². The number of rotatable bonds is 14. The van der Waals surface area contributed by atoms with Crippen LogP contribution in [0.3, 0.4) is 0 Å². The summed E-state index contributed by atoms with van der Waals surface area (Å²) in [4.78, 5) is 27.2. The molecule has 3 saturated heterocycles.